The van der Waals surface area contributed by atoms with Crippen molar-refractivity contribution in [2.45, 2.75) is 33.1 Å². The van der Waals surface area contributed by atoms with Crippen molar-refractivity contribution < 1.29 is 4.79 Å². The van der Waals surface area contributed by atoms with Crippen LogP contribution in [0.1, 0.15) is 38.5 Å². The smallest absolute Gasteiger partial charge is 0.164 e. The predicted octanol–water partition coefficient (Wildman–Crippen LogP) is 2.88. The molecule has 12 heavy (non-hydrogen) atoms. The van der Waals surface area contributed by atoms with Gasteiger partial charge in [-0.1, -0.05) is 0 Å². The number of fused-ring (bicyclic) bond motifs is 1. The fourth-order valence-corrected chi connectivity index (χ4v) is 3.07. The monoisotopic (exact) mass is 180 g/mol. The third kappa shape index (κ3) is 1.02. The van der Waals surface area contributed by atoms with E-state index in [9.17, 15) is 4.79 Å². The van der Waals surface area contributed by atoms with Gasteiger partial charge in [-0.05, 0) is 32.3 Å². The van der Waals surface area contributed by atoms with Crippen molar-refractivity contribution in [2.75, 3.05) is 0 Å². The van der Waals surface area contributed by atoms with Crippen molar-refractivity contribution in [3.63, 3.8) is 0 Å². The molecule has 1 aromatic heterocycles. The van der Waals surface area contributed by atoms with Crippen LogP contribution in [0.3, 0.4) is 0 Å². The molecule has 1 heterocycles. The minimum atomic E-state index is 0.359. The summed E-state index contributed by atoms with van der Waals surface area (Å²) in [6.07, 6.45) is 2.91. The van der Waals surface area contributed by atoms with E-state index in [1.54, 1.807) is 11.3 Å². The molecular formula is C10H12OS. The second kappa shape index (κ2) is 2.70. The van der Waals surface area contributed by atoms with Gasteiger partial charge in [-0.15, -0.1) is 11.3 Å². The number of rotatable bonds is 0. The molecule has 0 saturated carbocycles. The lowest BCUT2D eigenvalue weighted by molar-refractivity contribution is 0.0972. The molecule has 1 aromatic rings. The molecule has 0 amide bonds. The van der Waals surface area contributed by atoms with Gasteiger partial charge in [0.15, 0.2) is 5.78 Å². The van der Waals surface area contributed by atoms with Crippen LogP contribution in [-0.2, 0) is 6.42 Å². The molecule has 1 nitrogen and oxygen atoms in total. The number of aryl methyl sites for hydroxylation is 2. The normalized spacial score (nSPS) is 16.3. The third-order valence-corrected chi connectivity index (χ3v) is 3.56. The molecule has 0 radical (unpaired) electrons. The number of carbonyl (C=O) groups is 1. The minimum Gasteiger partial charge on any atom is -0.294 e. The summed E-state index contributed by atoms with van der Waals surface area (Å²) in [7, 11) is 0. The molecule has 0 atom stereocenters. The van der Waals surface area contributed by atoms with Crippen LogP contribution in [-0.4, -0.2) is 5.78 Å². The number of hydrogen-bond donors (Lipinski definition) is 0. The van der Waals surface area contributed by atoms with Gasteiger partial charge < -0.3 is 0 Å². The van der Waals surface area contributed by atoms with Crippen molar-refractivity contribution in [1.82, 2.24) is 0 Å². The van der Waals surface area contributed by atoms with Crippen LogP contribution in [0.15, 0.2) is 0 Å². The van der Waals surface area contributed by atoms with Crippen LogP contribution >= 0.6 is 11.3 Å². The molecule has 0 unspecified atom stereocenters. The first-order valence-corrected chi connectivity index (χ1v) is 5.14. The maximum Gasteiger partial charge on any atom is 0.164 e. The standard InChI is InChI=1S/C10H12OS/c1-6-8-4-3-5-9(11)10(8)7(2)12-6/h3-5H2,1-2H3. The molecule has 0 N–H and O–H groups in total. The molecule has 0 saturated heterocycles. The fourth-order valence-electron chi connectivity index (χ4n) is 1.95. The molecule has 0 fully saturated rings. The van der Waals surface area contributed by atoms with Crippen molar-refractivity contribution >= 4 is 17.1 Å². The Bertz CT molecular complexity index is 336. The van der Waals surface area contributed by atoms with Crippen LogP contribution in [0.25, 0.3) is 0 Å². The Balaban J connectivity index is 2.62. The van der Waals surface area contributed by atoms with Gasteiger partial charge in [0.25, 0.3) is 0 Å². The van der Waals surface area contributed by atoms with E-state index in [1.165, 1.54) is 15.3 Å². The van der Waals surface area contributed by atoms with E-state index in [0.717, 1.165) is 24.8 Å². The highest BCUT2D eigenvalue weighted by Crippen LogP contribution is 2.32. The maximum absolute atomic E-state index is 11.5. The van der Waals surface area contributed by atoms with E-state index in [0.29, 0.717) is 5.78 Å². The number of ketones is 1. The Kier molecular flexibility index (Phi) is 1.80. The van der Waals surface area contributed by atoms with E-state index >= 15 is 0 Å². The molecule has 64 valence electrons. The lowest BCUT2D eigenvalue weighted by Crippen LogP contribution is -2.09. The summed E-state index contributed by atoms with van der Waals surface area (Å²) in [4.78, 5) is 14.1. The van der Waals surface area contributed by atoms with Crippen LogP contribution in [0.5, 0.6) is 0 Å². The van der Waals surface area contributed by atoms with Crippen LogP contribution in [0.4, 0.5) is 0 Å². The summed E-state index contributed by atoms with van der Waals surface area (Å²) < 4.78 is 0. The maximum atomic E-state index is 11.5. The molecule has 0 aliphatic heterocycles. The van der Waals surface area contributed by atoms with Gasteiger partial charge in [0.05, 0.1) is 0 Å². The SMILES string of the molecule is Cc1sc(C)c2c1CCCC2=O. The Morgan fingerprint density at radius 2 is 1.92 bits per heavy atom. The summed E-state index contributed by atoms with van der Waals surface area (Å²) in [5.74, 6) is 0.359. The number of hydrogen-bond acceptors (Lipinski definition) is 2. The van der Waals surface area contributed by atoms with Crippen molar-refractivity contribution in [3.8, 4) is 0 Å². The lowest BCUT2D eigenvalue weighted by Gasteiger charge is -2.11. The molecule has 1 aliphatic rings. The Morgan fingerprint density at radius 3 is 2.58 bits per heavy atom. The predicted molar refractivity (Wildman–Crippen MR) is 51.1 cm³/mol. The topological polar surface area (TPSA) is 17.1 Å². The van der Waals surface area contributed by atoms with E-state index in [4.69, 9.17) is 0 Å². The highest BCUT2D eigenvalue weighted by Gasteiger charge is 2.22. The van der Waals surface area contributed by atoms with Crippen LogP contribution < -0.4 is 0 Å². The summed E-state index contributed by atoms with van der Waals surface area (Å²) >= 11 is 1.77. The molecule has 0 bridgehead atoms. The summed E-state index contributed by atoms with van der Waals surface area (Å²) in [5.41, 5.74) is 2.37. The van der Waals surface area contributed by atoms with Gasteiger partial charge in [-0.25, -0.2) is 0 Å². The number of carbonyl (C=O) groups excluding carboxylic acids is 1. The lowest BCUT2D eigenvalue weighted by atomic mass is 9.91. The second-order valence-corrected chi connectivity index (χ2v) is 4.77. The van der Waals surface area contributed by atoms with Gasteiger partial charge in [0.2, 0.25) is 0 Å². The van der Waals surface area contributed by atoms with E-state index < -0.39 is 0 Å². The highest BCUT2D eigenvalue weighted by molar-refractivity contribution is 7.12. The zero-order valence-electron chi connectivity index (χ0n) is 7.44. The van der Waals surface area contributed by atoms with Gasteiger partial charge in [-0.2, -0.15) is 0 Å². The molecule has 0 aromatic carbocycles. The van der Waals surface area contributed by atoms with E-state index in [2.05, 4.69) is 13.8 Å². The van der Waals surface area contributed by atoms with E-state index in [-0.39, 0.29) is 0 Å². The molecule has 2 heteroatoms. The largest absolute Gasteiger partial charge is 0.294 e. The molecule has 1 aliphatic carbocycles. The average molecular weight is 180 g/mol. The van der Waals surface area contributed by atoms with E-state index in [1.807, 2.05) is 0 Å². The Morgan fingerprint density at radius 1 is 1.17 bits per heavy atom. The first-order valence-electron chi connectivity index (χ1n) is 4.32. The minimum absolute atomic E-state index is 0.359. The van der Waals surface area contributed by atoms with Gasteiger partial charge in [-0.3, -0.25) is 4.79 Å². The van der Waals surface area contributed by atoms with Crippen molar-refractivity contribution in [2.24, 2.45) is 0 Å². The molecular weight excluding hydrogens is 168 g/mol. The van der Waals surface area contributed by atoms with Gasteiger partial charge in [0.1, 0.15) is 0 Å². The van der Waals surface area contributed by atoms with Crippen LogP contribution in [0, 0.1) is 13.8 Å². The second-order valence-electron chi connectivity index (χ2n) is 3.34. The third-order valence-electron chi connectivity index (χ3n) is 2.49. The molecule has 2 rings (SSSR count). The average Bonchev–Trinajstić information content (AvgIpc) is 2.29. The zero-order valence-corrected chi connectivity index (χ0v) is 8.25. The quantitative estimate of drug-likeness (QED) is 0.600. The first kappa shape index (κ1) is 7.99. The zero-order chi connectivity index (χ0) is 8.72. The van der Waals surface area contributed by atoms with Crippen molar-refractivity contribution in [3.05, 3.63) is 20.9 Å². The Labute approximate surface area is 76.4 Å². The fraction of sp³-hybridized carbons (Fsp3) is 0.500. The molecule has 0 spiro atoms. The summed E-state index contributed by atoms with van der Waals surface area (Å²) in [5, 5.41) is 0. The van der Waals surface area contributed by atoms with Crippen molar-refractivity contribution in [1.29, 1.82) is 0 Å². The number of thiophene rings is 1. The summed E-state index contributed by atoms with van der Waals surface area (Å²) in [6, 6.07) is 0. The highest BCUT2D eigenvalue weighted by atomic mass is 32.1. The first-order chi connectivity index (χ1) is 5.70. The summed E-state index contributed by atoms with van der Waals surface area (Å²) in [6.45, 7) is 4.18. The van der Waals surface area contributed by atoms with Gasteiger partial charge in [0, 0.05) is 21.7 Å². The van der Waals surface area contributed by atoms with Gasteiger partial charge >= 0.3 is 0 Å². The van der Waals surface area contributed by atoms with Crippen LogP contribution in [0.2, 0.25) is 0 Å². The Hall–Kier alpha value is -0.630. The number of Topliss-reactive ketones (excluding diaryl/α,β-unsaturated/α-hetero) is 1.